The van der Waals surface area contributed by atoms with Crippen molar-refractivity contribution in [3.05, 3.63) is 64.4 Å². The van der Waals surface area contributed by atoms with Gasteiger partial charge in [-0.2, -0.15) is 0 Å². The molecule has 0 aliphatic heterocycles. The number of amides is 2. The molecular formula is C17H16ClFN2O2. The molecule has 0 bridgehead atoms. The highest BCUT2D eigenvalue weighted by Gasteiger charge is 2.16. The normalized spacial score (nSPS) is 10.2. The number of nitrogens with one attached hydrogen (secondary N) is 2. The van der Waals surface area contributed by atoms with Gasteiger partial charge in [-0.05, 0) is 30.2 Å². The van der Waals surface area contributed by atoms with E-state index in [1.54, 1.807) is 6.07 Å². The zero-order valence-electron chi connectivity index (χ0n) is 12.5. The van der Waals surface area contributed by atoms with E-state index in [1.807, 2.05) is 25.1 Å². The fourth-order valence-electron chi connectivity index (χ4n) is 2.11. The summed E-state index contributed by atoms with van der Waals surface area (Å²) in [4.78, 5) is 23.9. The fraction of sp³-hybridized carbons (Fsp3) is 0.176. The van der Waals surface area contributed by atoms with Crippen molar-refractivity contribution in [3.8, 4) is 0 Å². The number of rotatable bonds is 5. The van der Waals surface area contributed by atoms with E-state index in [-0.39, 0.29) is 17.1 Å². The molecule has 0 saturated carbocycles. The standard InChI is InChI=1S/C17H16ClFN2O2/c1-2-11-6-3-4-9-14(11)21-15(22)10-20-17(23)16-12(18)7-5-8-13(16)19/h3-9H,2,10H2,1H3,(H,20,23)(H,21,22). The van der Waals surface area contributed by atoms with E-state index in [1.165, 1.54) is 12.1 Å². The number of hydrogen-bond donors (Lipinski definition) is 2. The molecule has 0 spiro atoms. The number of carbonyl (C=O) groups is 2. The van der Waals surface area contributed by atoms with Crippen LogP contribution in [0.15, 0.2) is 42.5 Å². The van der Waals surface area contributed by atoms with Gasteiger partial charge in [-0.1, -0.05) is 42.8 Å². The third kappa shape index (κ3) is 4.29. The quantitative estimate of drug-likeness (QED) is 0.880. The van der Waals surface area contributed by atoms with Gasteiger partial charge in [0.25, 0.3) is 5.91 Å². The predicted molar refractivity (Wildman–Crippen MR) is 88.2 cm³/mol. The summed E-state index contributed by atoms with van der Waals surface area (Å²) < 4.78 is 13.6. The number of benzene rings is 2. The summed E-state index contributed by atoms with van der Waals surface area (Å²) in [5.41, 5.74) is 1.42. The van der Waals surface area contributed by atoms with Gasteiger partial charge in [0.1, 0.15) is 5.82 Å². The van der Waals surface area contributed by atoms with E-state index in [4.69, 9.17) is 11.6 Å². The van der Waals surface area contributed by atoms with E-state index in [2.05, 4.69) is 10.6 Å². The second-order valence-electron chi connectivity index (χ2n) is 4.84. The molecule has 0 aliphatic carbocycles. The molecular weight excluding hydrogens is 319 g/mol. The lowest BCUT2D eigenvalue weighted by molar-refractivity contribution is -0.115. The van der Waals surface area contributed by atoms with Crippen LogP contribution in [0.3, 0.4) is 0 Å². The average molecular weight is 335 g/mol. The third-order valence-electron chi connectivity index (χ3n) is 3.27. The Bertz CT molecular complexity index is 714. The molecule has 0 aliphatic rings. The summed E-state index contributed by atoms with van der Waals surface area (Å²) in [7, 11) is 0. The van der Waals surface area contributed by atoms with Crippen molar-refractivity contribution in [2.45, 2.75) is 13.3 Å². The highest BCUT2D eigenvalue weighted by atomic mass is 35.5. The second-order valence-corrected chi connectivity index (χ2v) is 5.25. The van der Waals surface area contributed by atoms with Crippen molar-refractivity contribution in [2.24, 2.45) is 0 Å². The zero-order valence-corrected chi connectivity index (χ0v) is 13.3. The lowest BCUT2D eigenvalue weighted by atomic mass is 10.1. The number of hydrogen-bond acceptors (Lipinski definition) is 2. The molecule has 0 unspecified atom stereocenters. The van der Waals surface area contributed by atoms with Crippen LogP contribution in [0, 0.1) is 5.82 Å². The maximum absolute atomic E-state index is 13.6. The van der Waals surface area contributed by atoms with Crippen molar-refractivity contribution < 1.29 is 14.0 Å². The second kappa shape index (κ2) is 7.74. The van der Waals surface area contributed by atoms with Crippen LogP contribution in [-0.4, -0.2) is 18.4 Å². The summed E-state index contributed by atoms with van der Waals surface area (Å²) >= 11 is 5.81. The number of aryl methyl sites for hydroxylation is 1. The molecule has 0 radical (unpaired) electrons. The lowest BCUT2D eigenvalue weighted by Crippen LogP contribution is -2.33. The Hall–Kier alpha value is -2.40. The Morgan fingerprint density at radius 3 is 2.57 bits per heavy atom. The van der Waals surface area contributed by atoms with Gasteiger partial charge in [0.15, 0.2) is 0 Å². The molecule has 2 aromatic rings. The van der Waals surface area contributed by atoms with Gasteiger partial charge in [-0.3, -0.25) is 9.59 Å². The minimum Gasteiger partial charge on any atom is -0.343 e. The fourth-order valence-corrected chi connectivity index (χ4v) is 2.36. The smallest absolute Gasteiger partial charge is 0.256 e. The number of anilines is 1. The van der Waals surface area contributed by atoms with E-state index < -0.39 is 17.6 Å². The van der Waals surface area contributed by atoms with Crippen LogP contribution < -0.4 is 10.6 Å². The molecule has 120 valence electrons. The number of carbonyl (C=O) groups excluding carboxylic acids is 2. The van der Waals surface area contributed by atoms with E-state index in [0.29, 0.717) is 5.69 Å². The SMILES string of the molecule is CCc1ccccc1NC(=O)CNC(=O)c1c(F)cccc1Cl. The van der Waals surface area contributed by atoms with Crippen LogP contribution in [-0.2, 0) is 11.2 Å². The molecule has 0 atom stereocenters. The van der Waals surface area contributed by atoms with E-state index in [9.17, 15) is 14.0 Å². The molecule has 23 heavy (non-hydrogen) atoms. The molecule has 0 fully saturated rings. The first kappa shape index (κ1) is 17.0. The van der Waals surface area contributed by atoms with Crippen molar-refractivity contribution in [1.82, 2.24) is 5.32 Å². The first-order chi connectivity index (χ1) is 11.0. The highest BCUT2D eigenvalue weighted by molar-refractivity contribution is 6.33. The van der Waals surface area contributed by atoms with Crippen molar-refractivity contribution in [2.75, 3.05) is 11.9 Å². The summed E-state index contributed by atoms with van der Waals surface area (Å²) in [6.45, 7) is 1.70. The maximum atomic E-state index is 13.6. The van der Waals surface area contributed by atoms with Gasteiger partial charge in [0, 0.05) is 5.69 Å². The van der Waals surface area contributed by atoms with Gasteiger partial charge in [0.05, 0.1) is 17.1 Å². The largest absolute Gasteiger partial charge is 0.343 e. The monoisotopic (exact) mass is 334 g/mol. The summed E-state index contributed by atoms with van der Waals surface area (Å²) in [5, 5.41) is 5.08. The summed E-state index contributed by atoms with van der Waals surface area (Å²) in [5.74, 6) is -1.86. The lowest BCUT2D eigenvalue weighted by Gasteiger charge is -2.11. The zero-order chi connectivity index (χ0) is 16.8. The van der Waals surface area contributed by atoms with Gasteiger partial charge in [-0.15, -0.1) is 0 Å². The molecule has 6 heteroatoms. The van der Waals surface area contributed by atoms with E-state index in [0.717, 1.165) is 18.1 Å². The van der Waals surface area contributed by atoms with Crippen LogP contribution in [0.1, 0.15) is 22.8 Å². The minimum atomic E-state index is -0.730. The summed E-state index contributed by atoms with van der Waals surface area (Å²) in [6.07, 6.45) is 0.771. The van der Waals surface area contributed by atoms with Crippen molar-refractivity contribution in [1.29, 1.82) is 0 Å². The molecule has 4 nitrogen and oxygen atoms in total. The maximum Gasteiger partial charge on any atom is 0.256 e. The molecule has 0 saturated heterocycles. The Morgan fingerprint density at radius 2 is 1.87 bits per heavy atom. The van der Waals surface area contributed by atoms with Crippen LogP contribution in [0.5, 0.6) is 0 Å². The first-order valence-corrected chi connectivity index (χ1v) is 7.50. The first-order valence-electron chi connectivity index (χ1n) is 7.13. The predicted octanol–water partition coefficient (Wildman–Crippen LogP) is 3.41. The Labute approximate surface area is 138 Å². The molecule has 0 heterocycles. The van der Waals surface area contributed by atoms with E-state index >= 15 is 0 Å². The van der Waals surface area contributed by atoms with Crippen molar-refractivity contribution >= 4 is 29.1 Å². The molecule has 2 aromatic carbocycles. The Kier molecular flexibility index (Phi) is 5.71. The van der Waals surface area contributed by atoms with Crippen LogP contribution >= 0.6 is 11.6 Å². The average Bonchev–Trinajstić information content (AvgIpc) is 2.53. The van der Waals surface area contributed by atoms with Crippen LogP contribution in [0.2, 0.25) is 5.02 Å². The molecule has 2 amide bonds. The van der Waals surface area contributed by atoms with Gasteiger partial charge in [-0.25, -0.2) is 4.39 Å². The highest BCUT2D eigenvalue weighted by Crippen LogP contribution is 2.18. The van der Waals surface area contributed by atoms with Crippen LogP contribution in [0.4, 0.5) is 10.1 Å². The third-order valence-corrected chi connectivity index (χ3v) is 3.59. The Balaban J connectivity index is 1.98. The topological polar surface area (TPSA) is 58.2 Å². The van der Waals surface area contributed by atoms with Crippen LogP contribution in [0.25, 0.3) is 0 Å². The van der Waals surface area contributed by atoms with Crippen molar-refractivity contribution in [3.63, 3.8) is 0 Å². The van der Waals surface area contributed by atoms with Gasteiger partial charge >= 0.3 is 0 Å². The molecule has 2 rings (SSSR count). The Morgan fingerprint density at radius 1 is 1.13 bits per heavy atom. The number of halogens is 2. The minimum absolute atomic E-state index is 0.000707. The molecule has 0 aromatic heterocycles. The van der Waals surface area contributed by atoms with Gasteiger partial charge < -0.3 is 10.6 Å². The molecule has 2 N–H and O–H groups in total. The summed E-state index contributed by atoms with van der Waals surface area (Å²) in [6, 6.07) is 11.3. The van der Waals surface area contributed by atoms with Gasteiger partial charge in [0.2, 0.25) is 5.91 Å². The number of para-hydroxylation sites is 1.